The predicted octanol–water partition coefficient (Wildman–Crippen LogP) is 6.18. The van der Waals surface area contributed by atoms with Crippen molar-refractivity contribution < 1.29 is 14.4 Å². The molecule has 1 aliphatic rings. The van der Waals surface area contributed by atoms with E-state index in [2.05, 4.69) is 10.6 Å². The average molecular weight is 502 g/mol. The number of carbonyl (C=O) groups is 3. The molecule has 3 amide bonds. The minimum atomic E-state index is -0.683. The highest BCUT2D eigenvalue weighted by Crippen LogP contribution is 2.34. The third-order valence-electron chi connectivity index (χ3n) is 5.55. The molecule has 0 spiro atoms. The molecule has 1 aliphatic heterocycles. The summed E-state index contributed by atoms with van der Waals surface area (Å²) in [7, 11) is 0. The van der Waals surface area contributed by atoms with E-state index in [4.69, 9.17) is 23.2 Å². The third kappa shape index (κ3) is 4.25. The first kappa shape index (κ1) is 22.7. The summed E-state index contributed by atoms with van der Waals surface area (Å²) in [6.07, 6.45) is 0. The maximum absolute atomic E-state index is 13.0. The standard InChI is InChI=1S/C27H17Cl2N3O3/c28-20-12-3-4-14-22(20)32-26(34)23(29)24(27(32)35)30-18-10-5-9-17(15-18)25(33)31-21-13-6-8-16-7-1-2-11-19(16)21/h1-15,30H,(H,31,33). The van der Waals surface area contributed by atoms with E-state index in [0.717, 1.165) is 15.7 Å². The number of benzene rings is 4. The molecule has 172 valence electrons. The predicted molar refractivity (Wildman–Crippen MR) is 139 cm³/mol. The van der Waals surface area contributed by atoms with E-state index >= 15 is 0 Å². The third-order valence-corrected chi connectivity index (χ3v) is 6.22. The lowest BCUT2D eigenvalue weighted by Gasteiger charge is -2.16. The van der Waals surface area contributed by atoms with E-state index in [1.807, 2.05) is 42.5 Å². The number of hydrogen-bond donors (Lipinski definition) is 2. The van der Waals surface area contributed by atoms with Gasteiger partial charge >= 0.3 is 0 Å². The fraction of sp³-hybridized carbons (Fsp3) is 0. The first-order valence-electron chi connectivity index (χ1n) is 10.6. The van der Waals surface area contributed by atoms with Crippen molar-refractivity contribution in [1.29, 1.82) is 0 Å². The van der Waals surface area contributed by atoms with Crippen LogP contribution in [0.2, 0.25) is 5.02 Å². The first-order chi connectivity index (χ1) is 16.9. The molecular weight excluding hydrogens is 485 g/mol. The number of imide groups is 1. The molecule has 1 heterocycles. The number of fused-ring (bicyclic) bond motifs is 1. The van der Waals surface area contributed by atoms with Crippen molar-refractivity contribution in [2.45, 2.75) is 0 Å². The van der Waals surface area contributed by atoms with Crippen LogP contribution in [0.1, 0.15) is 10.4 Å². The van der Waals surface area contributed by atoms with Gasteiger partial charge in [0.25, 0.3) is 17.7 Å². The minimum absolute atomic E-state index is 0.0943. The lowest BCUT2D eigenvalue weighted by atomic mass is 10.1. The summed E-state index contributed by atoms with van der Waals surface area (Å²) in [6.45, 7) is 0. The van der Waals surface area contributed by atoms with Crippen molar-refractivity contribution in [2.24, 2.45) is 0 Å². The van der Waals surface area contributed by atoms with Gasteiger partial charge in [-0.3, -0.25) is 14.4 Å². The Morgan fingerprint density at radius 1 is 0.771 bits per heavy atom. The molecule has 0 aromatic heterocycles. The Hall–Kier alpha value is -4.13. The minimum Gasteiger partial charge on any atom is -0.350 e. The van der Waals surface area contributed by atoms with Crippen molar-refractivity contribution in [3.05, 3.63) is 112 Å². The zero-order valence-electron chi connectivity index (χ0n) is 18.1. The fourth-order valence-electron chi connectivity index (χ4n) is 3.87. The molecule has 0 bridgehead atoms. The average Bonchev–Trinajstić information content (AvgIpc) is 3.08. The number of nitrogens with one attached hydrogen (secondary N) is 2. The first-order valence-corrected chi connectivity index (χ1v) is 11.4. The number of nitrogens with zero attached hydrogens (tertiary/aromatic N) is 1. The summed E-state index contributed by atoms with van der Waals surface area (Å²) in [5.41, 5.74) is 1.61. The summed E-state index contributed by atoms with van der Waals surface area (Å²) in [5, 5.41) is 7.73. The van der Waals surface area contributed by atoms with Crippen LogP contribution in [0, 0.1) is 0 Å². The second-order valence-electron chi connectivity index (χ2n) is 7.77. The maximum Gasteiger partial charge on any atom is 0.283 e. The summed E-state index contributed by atoms with van der Waals surface area (Å²) in [5.74, 6) is -1.65. The smallest absolute Gasteiger partial charge is 0.283 e. The number of rotatable bonds is 5. The number of halogens is 2. The van der Waals surface area contributed by atoms with E-state index in [-0.39, 0.29) is 27.3 Å². The van der Waals surface area contributed by atoms with Crippen LogP contribution in [0.3, 0.4) is 0 Å². The van der Waals surface area contributed by atoms with Crippen molar-refractivity contribution in [3.63, 3.8) is 0 Å². The topological polar surface area (TPSA) is 78.5 Å². The van der Waals surface area contributed by atoms with E-state index in [9.17, 15) is 14.4 Å². The highest BCUT2D eigenvalue weighted by molar-refractivity contribution is 6.53. The Bertz CT molecular complexity index is 1540. The van der Waals surface area contributed by atoms with Gasteiger partial charge in [0.1, 0.15) is 10.7 Å². The number of carbonyl (C=O) groups excluding carboxylic acids is 3. The van der Waals surface area contributed by atoms with Gasteiger partial charge < -0.3 is 10.6 Å². The molecule has 0 aliphatic carbocycles. The molecule has 0 radical (unpaired) electrons. The molecule has 0 saturated carbocycles. The van der Waals surface area contributed by atoms with Crippen LogP contribution < -0.4 is 15.5 Å². The number of hydrogen-bond acceptors (Lipinski definition) is 4. The van der Waals surface area contributed by atoms with Gasteiger partial charge in [0.15, 0.2) is 0 Å². The van der Waals surface area contributed by atoms with Gasteiger partial charge in [-0.15, -0.1) is 0 Å². The largest absolute Gasteiger partial charge is 0.350 e. The molecule has 0 unspecified atom stereocenters. The summed E-state index contributed by atoms with van der Waals surface area (Å²) in [4.78, 5) is 39.6. The van der Waals surface area contributed by atoms with E-state index < -0.39 is 11.8 Å². The zero-order chi connectivity index (χ0) is 24.5. The van der Waals surface area contributed by atoms with Crippen LogP contribution in [0.5, 0.6) is 0 Å². The summed E-state index contributed by atoms with van der Waals surface area (Å²) in [6, 6.07) is 26.5. The van der Waals surface area contributed by atoms with E-state index in [1.54, 1.807) is 48.5 Å². The Kier molecular flexibility index (Phi) is 5.99. The molecule has 2 N–H and O–H groups in total. The van der Waals surface area contributed by atoms with Crippen LogP contribution in [0.25, 0.3) is 10.8 Å². The van der Waals surface area contributed by atoms with Gasteiger partial charge in [-0.1, -0.05) is 77.8 Å². The molecule has 0 atom stereocenters. The molecular formula is C27H17Cl2N3O3. The monoisotopic (exact) mass is 501 g/mol. The Morgan fingerprint density at radius 2 is 1.49 bits per heavy atom. The van der Waals surface area contributed by atoms with E-state index in [1.165, 1.54) is 0 Å². The second kappa shape index (κ2) is 9.25. The molecule has 0 saturated heterocycles. The number of para-hydroxylation sites is 1. The SMILES string of the molecule is O=C(Nc1cccc2ccccc12)c1cccc(NC2=C(Cl)C(=O)N(c3ccccc3Cl)C2=O)c1. The quantitative estimate of drug-likeness (QED) is 0.320. The van der Waals surface area contributed by atoms with Crippen LogP contribution in [0.4, 0.5) is 17.1 Å². The lowest BCUT2D eigenvalue weighted by molar-refractivity contribution is -0.120. The van der Waals surface area contributed by atoms with Crippen LogP contribution in [-0.2, 0) is 9.59 Å². The fourth-order valence-corrected chi connectivity index (χ4v) is 4.31. The highest BCUT2D eigenvalue weighted by atomic mass is 35.5. The number of amides is 3. The molecule has 4 aromatic carbocycles. The van der Waals surface area contributed by atoms with Gasteiger partial charge in [-0.25, -0.2) is 4.90 Å². The Labute approximate surface area is 210 Å². The Morgan fingerprint density at radius 3 is 2.31 bits per heavy atom. The van der Waals surface area contributed by atoms with Gasteiger partial charge in [0, 0.05) is 22.3 Å². The molecule has 6 nitrogen and oxygen atoms in total. The van der Waals surface area contributed by atoms with Crippen molar-refractivity contribution >= 4 is 68.8 Å². The zero-order valence-corrected chi connectivity index (χ0v) is 19.6. The lowest BCUT2D eigenvalue weighted by Crippen LogP contribution is -2.32. The van der Waals surface area contributed by atoms with Gasteiger partial charge in [-0.2, -0.15) is 0 Å². The molecule has 0 fully saturated rings. The van der Waals surface area contributed by atoms with Crippen LogP contribution >= 0.6 is 23.2 Å². The summed E-state index contributed by atoms with van der Waals surface area (Å²) >= 11 is 12.4. The van der Waals surface area contributed by atoms with Crippen molar-refractivity contribution in [3.8, 4) is 0 Å². The molecule has 35 heavy (non-hydrogen) atoms. The van der Waals surface area contributed by atoms with Crippen LogP contribution in [0.15, 0.2) is 102 Å². The maximum atomic E-state index is 13.0. The molecule has 4 aromatic rings. The van der Waals surface area contributed by atoms with Crippen LogP contribution in [-0.4, -0.2) is 17.7 Å². The highest BCUT2D eigenvalue weighted by Gasteiger charge is 2.39. The van der Waals surface area contributed by atoms with E-state index in [0.29, 0.717) is 16.9 Å². The Balaban J connectivity index is 1.38. The van der Waals surface area contributed by atoms with Crippen molar-refractivity contribution in [1.82, 2.24) is 0 Å². The van der Waals surface area contributed by atoms with Gasteiger partial charge in [-0.05, 0) is 41.8 Å². The van der Waals surface area contributed by atoms with Gasteiger partial charge in [0.05, 0.1) is 10.7 Å². The molecule has 5 rings (SSSR count). The van der Waals surface area contributed by atoms with Crippen molar-refractivity contribution in [2.75, 3.05) is 15.5 Å². The second-order valence-corrected chi connectivity index (χ2v) is 8.56. The van der Waals surface area contributed by atoms with Gasteiger partial charge in [0.2, 0.25) is 0 Å². The molecule has 8 heteroatoms. The normalized spacial score (nSPS) is 13.5. The number of anilines is 3. The summed E-state index contributed by atoms with van der Waals surface area (Å²) < 4.78 is 0.